The van der Waals surface area contributed by atoms with Crippen LogP contribution in [0.5, 0.6) is 5.75 Å². The lowest BCUT2D eigenvalue weighted by atomic mass is 10.1. The zero-order valence-corrected chi connectivity index (χ0v) is 9.66. The standard InChI is InChI=1S/C12H20N2O2/c1-10-2-3-12(16)11(8-10)9-14-5-4-13-6-7-15/h2-3,8,13-16H,4-7,9H2,1H3. The van der Waals surface area contributed by atoms with Crippen LogP contribution in [0.3, 0.4) is 0 Å². The molecule has 1 aromatic carbocycles. The van der Waals surface area contributed by atoms with Gasteiger partial charge in [-0.25, -0.2) is 0 Å². The number of phenols is 1. The molecule has 0 radical (unpaired) electrons. The number of phenolic OH excluding ortho intramolecular Hbond substituents is 1. The van der Waals surface area contributed by atoms with E-state index in [1.54, 1.807) is 6.07 Å². The molecule has 1 aromatic rings. The zero-order valence-electron chi connectivity index (χ0n) is 9.66. The van der Waals surface area contributed by atoms with Crippen molar-refractivity contribution < 1.29 is 10.2 Å². The normalized spacial score (nSPS) is 10.6. The first kappa shape index (κ1) is 13.0. The Bertz CT molecular complexity index is 316. The Labute approximate surface area is 96.3 Å². The van der Waals surface area contributed by atoms with Gasteiger partial charge in [0.25, 0.3) is 0 Å². The first-order chi connectivity index (χ1) is 7.74. The van der Waals surface area contributed by atoms with Crippen LogP contribution >= 0.6 is 0 Å². The molecule has 4 N–H and O–H groups in total. The highest BCUT2D eigenvalue weighted by molar-refractivity contribution is 5.35. The van der Waals surface area contributed by atoms with Crippen LogP contribution in [0.4, 0.5) is 0 Å². The quantitative estimate of drug-likeness (QED) is 0.505. The number of hydrogen-bond donors (Lipinski definition) is 4. The number of aliphatic hydroxyl groups is 1. The summed E-state index contributed by atoms with van der Waals surface area (Å²) in [6.07, 6.45) is 0. The van der Waals surface area contributed by atoms with E-state index in [1.165, 1.54) is 0 Å². The number of aliphatic hydroxyl groups excluding tert-OH is 1. The minimum Gasteiger partial charge on any atom is -0.508 e. The maximum Gasteiger partial charge on any atom is 0.120 e. The number of aromatic hydroxyl groups is 1. The molecule has 0 saturated heterocycles. The second-order valence-electron chi connectivity index (χ2n) is 3.78. The van der Waals surface area contributed by atoms with E-state index in [4.69, 9.17) is 5.11 Å². The molecule has 16 heavy (non-hydrogen) atoms. The van der Waals surface area contributed by atoms with Gasteiger partial charge in [0.15, 0.2) is 0 Å². The predicted octanol–water partition coefficient (Wildman–Crippen LogP) is 0.372. The molecule has 0 atom stereocenters. The maximum absolute atomic E-state index is 9.59. The van der Waals surface area contributed by atoms with E-state index in [9.17, 15) is 5.11 Å². The van der Waals surface area contributed by atoms with Gasteiger partial charge in [-0.2, -0.15) is 0 Å². The van der Waals surface area contributed by atoms with Gasteiger partial charge in [-0.15, -0.1) is 0 Å². The Morgan fingerprint density at radius 2 is 1.88 bits per heavy atom. The first-order valence-electron chi connectivity index (χ1n) is 5.55. The average Bonchev–Trinajstić information content (AvgIpc) is 2.28. The smallest absolute Gasteiger partial charge is 0.120 e. The number of hydrogen-bond acceptors (Lipinski definition) is 4. The fourth-order valence-electron chi connectivity index (χ4n) is 1.46. The summed E-state index contributed by atoms with van der Waals surface area (Å²) >= 11 is 0. The third-order valence-electron chi connectivity index (χ3n) is 2.32. The lowest BCUT2D eigenvalue weighted by Gasteiger charge is -2.08. The van der Waals surface area contributed by atoms with Crippen molar-refractivity contribution in [3.8, 4) is 5.75 Å². The van der Waals surface area contributed by atoms with Crippen molar-refractivity contribution in [3.05, 3.63) is 29.3 Å². The van der Waals surface area contributed by atoms with Crippen LogP contribution in [0.15, 0.2) is 18.2 Å². The Kier molecular flexibility index (Phi) is 5.85. The molecule has 0 aromatic heterocycles. The molecule has 0 fully saturated rings. The monoisotopic (exact) mass is 224 g/mol. The van der Waals surface area contributed by atoms with Crippen molar-refractivity contribution in [1.29, 1.82) is 0 Å². The van der Waals surface area contributed by atoms with Gasteiger partial charge in [-0.3, -0.25) is 0 Å². The van der Waals surface area contributed by atoms with Crippen LogP contribution in [0.2, 0.25) is 0 Å². The summed E-state index contributed by atoms with van der Waals surface area (Å²) in [5.41, 5.74) is 2.06. The van der Waals surface area contributed by atoms with Gasteiger partial charge in [0.2, 0.25) is 0 Å². The van der Waals surface area contributed by atoms with Crippen LogP contribution in [0, 0.1) is 6.92 Å². The highest BCUT2D eigenvalue weighted by Crippen LogP contribution is 2.17. The van der Waals surface area contributed by atoms with E-state index in [-0.39, 0.29) is 6.61 Å². The lowest BCUT2D eigenvalue weighted by molar-refractivity contribution is 0.292. The second kappa shape index (κ2) is 7.22. The summed E-state index contributed by atoms with van der Waals surface area (Å²) in [4.78, 5) is 0. The average molecular weight is 224 g/mol. The van der Waals surface area contributed by atoms with Crippen LogP contribution in [0.1, 0.15) is 11.1 Å². The summed E-state index contributed by atoms with van der Waals surface area (Å²) in [6.45, 7) is 5.08. The van der Waals surface area contributed by atoms with Crippen molar-refractivity contribution in [2.24, 2.45) is 0 Å². The molecule has 4 nitrogen and oxygen atoms in total. The third-order valence-corrected chi connectivity index (χ3v) is 2.32. The van der Waals surface area contributed by atoms with Gasteiger partial charge < -0.3 is 20.8 Å². The number of rotatable bonds is 7. The Hall–Kier alpha value is -1.10. The van der Waals surface area contributed by atoms with Crippen LogP contribution < -0.4 is 10.6 Å². The molecule has 4 heteroatoms. The number of benzene rings is 1. The molecule has 0 spiro atoms. The topological polar surface area (TPSA) is 64.5 Å². The molecule has 0 amide bonds. The van der Waals surface area contributed by atoms with E-state index in [2.05, 4.69) is 10.6 Å². The van der Waals surface area contributed by atoms with Gasteiger partial charge >= 0.3 is 0 Å². The van der Waals surface area contributed by atoms with Crippen molar-refractivity contribution in [2.75, 3.05) is 26.2 Å². The molecule has 0 unspecified atom stereocenters. The van der Waals surface area contributed by atoms with E-state index in [0.29, 0.717) is 18.8 Å². The van der Waals surface area contributed by atoms with Gasteiger partial charge in [-0.05, 0) is 13.0 Å². The SMILES string of the molecule is Cc1ccc(O)c(CNCCNCCO)c1. The summed E-state index contributed by atoms with van der Waals surface area (Å²) in [5.74, 6) is 0.335. The molecule has 90 valence electrons. The number of aryl methyl sites for hydroxylation is 1. The molecule has 1 rings (SSSR count). The maximum atomic E-state index is 9.59. The van der Waals surface area contributed by atoms with Crippen LogP contribution in [-0.2, 0) is 6.54 Å². The molecular formula is C12H20N2O2. The molecule has 0 aliphatic heterocycles. The third kappa shape index (κ3) is 4.61. The molecular weight excluding hydrogens is 204 g/mol. The van der Waals surface area contributed by atoms with Crippen LogP contribution in [0.25, 0.3) is 0 Å². The highest BCUT2D eigenvalue weighted by atomic mass is 16.3. The summed E-state index contributed by atoms with van der Waals surface area (Å²) in [5, 5.41) is 24.4. The fraction of sp³-hybridized carbons (Fsp3) is 0.500. The highest BCUT2D eigenvalue weighted by Gasteiger charge is 2.00. The number of nitrogens with one attached hydrogen (secondary N) is 2. The van der Waals surface area contributed by atoms with Crippen molar-refractivity contribution >= 4 is 0 Å². The zero-order chi connectivity index (χ0) is 11.8. The van der Waals surface area contributed by atoms with E-state index in [0.717, 1.165) is 24.2 Å². The Morgan fingerprint density at radius 1 is 1.12 bits per heavy atom. The van der Waals surface area contributed by atoms with Gasteiger partial charge in [-0.1, -0.05) is 17.7 Å². The van der Waals surface area contributed by atoms with Crippen molar-refractivity contribution in [2.45, 2.75) is 13.5 Å². The largest absolute Gasteiger partial charge is 0.508 e. The molecule has 0 aliphatic carbocycles. The van der Waals surface area contributed by atoms with E-state index < -0.39 is 0 Å². The fourth-order valence-corrected chi connectivity index (χ4v) is 1.46. The second-order valence-corrected chi connectivity index (χ2v) is 3.78. The van der Waals surface area contributed by atoms with E-state index >= 15 is 0 Å². The van der Waals surface area contributed by atoms with Gasteiger partial charge in [0.1, 0.15) is 5.75 Å². The van der Waals surface area contributed by atoms with Crippen molar-refractivity contribution in [1.82, 2.24) is 10.6 Å². The molecule has 0 aliphatic rings. The minimum absolute atomic E-state index is 0.165. The summed E-state index contributed by atoms with van der Waals surface area (Å²) < 4.78 is 0. The lowest BCUT2D eigenvalue weighted by Crippen LogP contribution is -2.28. The van der Waals surface area contributed by atoms with E-state index in [1.807, 2.05) is 19.1 Å². The predicted molar refractivity (Wildman–Crippen MR) is 64.5 cm³/mol. The summed E-state index contributed by atoms with van der Waals surface area (Å²) in [7, 11) is 0. The van der Waals surface area contributed by atoms with Crippen molar-refractivity contribution in [3.63, 3.8) is 0 Å². The molecule has 0 heterocycles. The summed E-state index contributed by atoms with van der Waals surface area (Å²) in [6, 6.07) is 5.58. The minimum atomic E-state index is 0.165. The first-order valence-corrected chi connectivity index (χ1v) is 5.55. The Morgan fingerprint density at radius 3 is 2.62 bits per heavy atom. The van der Waals surface area contributed by atoms with Gasteiger partial charge in [0, 0.05) is 31.7 Å². The van der Waals surface area contributed by atoms with Crippen LogP contribution in [-0.4, -0.2) is 36.5 Å². The Balaban J connectivity index is 2.23. The molecule has 0 bridgehead atoms. The van der Waals surface area contributed by atoms with Gasteiger partial charge in [0.05, 0.1) is 6.61 Å². The molecule has 0 saturated carbocycles.